The maximum absolute atomic E-state index is 9.75. The Morgan fingerprint density at radius 2 is 2.16 bits per heavy atom. The SMILES string of the molecule is OCC1CCN(C(c2cc3ncncc3s2)N2CCOC(c3cccc4[nH]ccc34)C2)C1. The topological polar surface area (TPSA) is 77.5 Å². The van der Waals surface area contributed by atoms with Crippen molar-refractivity contribution < 1.29 is 9.84 Å². The van der Waals surface area contributed by atoms with E-state index in [0.29, 0.717) is 12.5 Å². The van der Waals surface area contributed by atoms with E-state index in [9.17, 15) is 5.11 Å². The largest absolute Gasteiger partial charge is 0.396 e. The van der Waals surface area contributed by atoms with Gasteiger partial charge < -0.3 is 14.8 Å². The number of thiophene rings is 1. The molecule has 32 heavy (non-hydrogen) atoms. The zero-order chi connectivity index (χ0) is 21.5. The standard InChI is InChI=1S/C24H27N5O2S/c30-14-16-5-7-28(12-16)24(22-10-20-23(32-22)11-25-15-27-20)29-8-9-31-21(13-29)18-2-1-3-19-17(18)4-6-26-19/h1-4,6,10-11,15-16,21,24,26,30H,5,7-9,12-14H2. The van der Waals surface area contributed by atoms with Crippen LogP contribution in [0, 0.1) is 5.92 Å². The Morgan fingerprint density at radius 3 is 3.03 bits per heavy atom. The molecule has 2 saturated heterocycles. The number of nitrogens with zero attached hydrogens (tertiary/aromatic N) is 4. The van der Waals surface area contributed by atoms with Crippen LogP contribution < -0.4 is 0 Å². The van der Waals surface area contributed by atoms with Crippen molar-refractivity contribution in [2.75, 3.05) is 39.4 Å². The summed E-state index contributed by atoms with van der Waals surface area (Å²) >= 11 is 1.78. The number of ether oxygens (including phenoxy) is 1. The van der Waals surface area contributed by atoms with Crippen LogP contribution in [0.4, 0.5) is 0 Å². The van der Waals surface area contributed by atoms with E-state index in [1.165, 1.54) is 15.8 Å². The van der Waals surface area contributed by atoms with Gasteiger partial charge in [-0.05, 0) is 36.1 Å². The second-order valence-electron chi connectivity index (χ2n) is 8.77. The van der Waals surface area contributed by atoms with Crippen LogP contribution in [0.3, 0.4) is 0 Å². The molecule has 0 bridgehead atoms. The molecule has 0 saturated carbocycles. The van der Waals surface area contributed by atoms with E-state index in [1.54, 1.807) is 17.7 Å². The number of nitrogens with one attached hydrogen (secondary N) is 1. The van der Waals surface area contributed by atoms with Gasteiger partial charge >= 0.3 is 0 Å². The van der Waals surface area contributed by atoms with Crippen LogP contribution >= 0.6 is 11.3 Å². The lowest BCUT2D eigenvalue weighted by Gasteiger charge is -2.42. The van der Waals surface area contributed by atoms with Crippen molar-refractivity contribution in [3.8, 4) is 0 Å². The van der Waals surface area contributed by atoms with Gasteiger partial charge in [-0.3, -0.25) is 9.80 Å². The van der Waals surface area contributed by atoms with Crippen molar-refractivity contribution in [1.29, 1.82) is 0 Å². The molecule has 5 heterocycles. The summed E-state index contributed by atoms with van der Waals surface area (Å²) in [7, 11) is 0. The molecule has 0 amide bonds. The van der Waals surface area contributed by atoms with E-state index in [-0.39, 0.29) is 18.9 Å². The van der Waals surface area contributed by atoms with Crippen molar-refractivity contribution in [2.24, 2.45) is 5.92 Å². The number of morpholine rings is 1. The average Bonchev–Trinajstić information content (AvgIpc) is 3.58. The number of H-pyrrole nitrogens is 1. The van der Waals surface area contributed by atoms with Crippen LogP contribution in [0.25, 0.3) is 21.1 Å². The molecule has 4 aromatic rings. The van der Waals surface area contributed by atoms with Gasteiger partial charge in [0.1, 0.15) is 6.33 Å². The molecule has 2 aliphatic heterocycles. The van der Waals surface area contributed by atoms with E-state index in [1.807, 2.05) is 12.4 Å². The molecule has 0 spiro atoms. The predicted octanol–water partition coefficient (Wildman–Crippen LogP) is 3.56. The molecule has 2 N–H and O–H groups in total. The summed E-state index contributed by atoms with van der Waals surface area (Å²) in [4.78, 5) is 18.4. The molecule has 0 aliphatic carbocycles. The lowest BCUT2D eigenvalue weighted by molar-refractivity contribution is -0.0734. The monoisotopic (exact) mass is 449 g/mol. The lowest BCUT2D eigenvalue weighted by atomic mass is 10.0. The summed E-state index contributed by atoms with van der Waals surface area (Å²) in [6, 6.07) is 10.8. The molecular weight excluding hydrogens is 422 g/mol. The van der Waals surface area contributed by atoms with Crippen LogP contribution in [0.5, 0.6) is 0 Å². The molecule has 8 heteroatoms. The maximum Gasteiger partial charge on any atom is 0.116 e. The number of fused-ring (bicyclic) bond motifs is 2. The third-order valence-electron chi connectivity index (χ3n) is 6.81. The second-order valence-corrected chi connectivity index (χ2v) is 9.88. The third kappa shape index (κ3) is 3.62. The zero-order valence-electron chi connectivity index (χ0n) is 17.9. The van der Waals surface area contributed by atoms with Crippen LogP contribution in [0.2, 0.25) is 0 Å². The van der Waals surface area contributed by atoms with E-state index >= 15 is 0 Å². The fraction of sp³-hybridized carbons (Fsp3) is 0.417. The Balaban J connectivity index is 1.35. The number of benzene rings is 1. The molecule has 2 fully saturated rings. The first kappa shape index (κ1) is 20.3. The Bertz CT molecular complexity index is 1190. The van der Waals surface area contributed by atoms with Gasteiger partial charge in [-0.25, -0.2) is 9.97 Å². The molecule has 7 nitrogen and oxygen atoms in total. The molecule has 3 aromatic heterocycles. The molecule has 0 radical (unpaired) electrons. The van der Waals surface area contributed by atoms with E-state index in [4.69, 9.17) is 4.74 Å². The number of hydrogen-bond acceptors (Lipinski definition) is 7. The summed E-state index contributed by atoms with van der Waals surface area (Å²) in [5.74, 6) is 0.345. The van der Waals surface area contributed by atoms with E-state index in [0.717, 1.165) is 48.3 Å². The first-order valence-corrected chi connectivity index (χ1v) is 12.1. The third-order valence-corrected chi connectivity index (χ3v) is 7.91. The van der Waals surface area contributed by atoms with Gasteiger partial charge in [-0.15, -0.1) is 11.3 Å². The van der Waals surface area contributed by atoms with Crippen molar-refractivity contribution >= 4 is 32.5 Å². The Morgan fingerprint density at radius 1 is 1.22 bits per heavy atom. The number of rotatable bonds is 5. The number of aliphatic hydroxyl groups excluding tert-OH is 1. The molecule has 1 aromatic carbocycles. The average molecular weight is 450 g/mol. The first-order chi connectivity index (χ1) is 15.8. The molecule has 6 rings (SSSR count). The number of aromatic nitrogens is 3. The fourth-order valence-corrected chi connectivity index (χ4v) is 6.38. The highest BCUT2D eigenvalue weighted by atomic mass is 32.1. The zero-order valence-corrected chi connectivity index (χ0v) is 18.7. The van der Waals surface area contributed by atoms with Crippen LogP contribution in [0.15, 0.2) is 49.1 Å². The highest BCUT2D eigenvalue weighted by Crippen LogP contribution is 2.39. The summed E-state index contributed by atoms with van der Waals surface area (Å²) < 4.78 is 7.41. The normalized spacial score (nSPS) is 23.9. The van der Waals surface area contributed by atoms with Crippen molar-refractivity contribution in [3.05, 3.63) is 59.5 Å². The van der Waals surface area contributed by atoms with E-state index < -0.39 is 0 Å². The Kier molecular flexibility index (Phi) is 5.40. The number of likely N-dealkylation sites (tertiary alicyclic amines) is 1. The van der Waals surface area contributed by atoms with Gasteiger partial charge in [0.15, 0.2) is 0 Å². The maximum atomic E-state index is 9.75. The van der Waals surface area contributed by atoms with Crippen LogP contribution in [-0.2, 0) is 4.74 Å². The first-order valence-electron chi connectivity index (χ1n) is 11.3. The molecule has 3 unspecified atom stereocenters. The van der Waals surface area contributed by atoms with Crippen LogP contribution in [-0.4, -0.2) is 69.3 Å². The highest BCUT2D eigenvalue weighted by molar-refractivity contribution is 7.19. The number of aromatic amines is 1. The van der Waals surface area contributed by atoms with Crippen molar-refractivity contribution in [2.45, 2.75) is 18.7 Å². The van der Waals surface area contributed by atoms with Gasteiger partial charge in [-0.2, -0.15) is 0 Å². The fourth-order valence-electron chi connectivity index (χ4n) is 5.23. The van der Waals surface area contributed by atoms with Crippen molar-refractivity contribution in [3.63, 3.8) is 0 Å². The summed E-state index contributed by atoms with van der Waals surface area (Å²) in [5, 5.41) is 11.0. The van der Waals surface area contributed by atoms with Gasteiger partial charge in [0, 0.05) is 61.0 Å². The van der Waals surface area contributed by atoms with Gasteiger partial charge in [-0.1, -0.05) is 12.1 Å². The number of hydrogen-bond donors (Lipinski definition) is 2. The Hall–Kier alpha value is -2.36. The van der Waals surface area contributed by atoms with Crippen molar-refractivity contribution in [1.82, 2.24) is 24.8 Å². The van der Waals surface area contributed by atoms with Gasteiger partial charge in [0.25, 0.3) is 0 Å². The lowest BCUT2D eigenvalue weighted by Crippen LogP contribution is -2.46. The highest BCUT2D eigenvalue weighted by Gasteiger charge is 2.37. The number of aliphatic hydroxyl groups is 1. The Labute approximate surface area is 190 Å². The quantitative estimate of drug-likeness (QED) is 0.485. The smallest absolute Gasteiger partial charge is 0.116 e. The van der Waals surface area contributed by atoms with Gasteiger partial charge in [0.2, 0.25) is 0 Å². The van der Waals surface area contributed by atoms with E-state index in [2.05, 4.69) is 55.1 Å². The summed E-state index contributed by atoms with van der Waals surface area (Å²) in [6.07, 6.45) is 6.73. The summed E-state index contributed by atoms with van der Waals surface area (Å²) in [5.41, 5.74) is 3.39. The van der Waals surface area contributed by atoms with Gasteiger partial charge in [0.05, 0.1) is 29.1 Å². The minimum absolute atomic E-state index is 0.0242. The molecule has 2 aliphatic rings. The predicted molar refractivity (Wildman–Crippen MR) is 125 cm³/mol. The molecular formula is C24H27N5O2S. The minimum atomic E-state index is 0.0242. The minimum Gasteiger partial charge on any atom is -0.396 e. The van der Waals surface area contributed by atoms with Crippen LogP contribution in [0.1, 0.15) is 29.1 Å². The second kappa shape index (κ2) is 8.53. The molecule has 166 valence electrons. The molecule has 3 atom stereocenters. The summed E-state index contributed by atoms with van der Waals surface area (Å²) in [6.45, 7) is 4.56.